The number of hydrogen-bond acceptors (Lipinski definition) is 18. The first-order chi connectivity index (χ1) is 22.2. The summed E-state index contributed by atoms with van der Waals surface area (Å²) in [5.74, 6) is -0.659. The molecule has 0 aromatic carbocycles. The van der Waals surface area contributed by atoms with Crippen LogP contribution in [0.15, 0.2) is 0 Å². The number of phosphoric acid groups is 6. The van der Waals surface area contributed by atoms with Crippen LogP contribution in [0.1, 0.15) is 0 Å². The molecule has 2 rings (SSSR count). The monoisotopic (exact) mass is 902 g/mol. The number of nitrogens with zero attached hydrogens (tertiary/aromatic N) is 2. The zero-order valence-electron chi connectivity index (χ0n) is 25.6. The van der Waals surface area contributed by atoms with Gasteiger partial charge in [0.05, 0.1) is 22.5 Å². The van der Waals surface area contributed by atoms with Crippen molar-refractivity contribution in [3.63, 3.8) is 0 Å². The molecule has 2 fully saturated rings. The Morgan fingerprint density at radius 3 is 1.02 bits per heavy atom. The van der Waals surface area contributed by atoms with Gasteiger partial charge in [-0.15, -0.1) is 0 Å². The summed E-state index contributed by atoms with van der Waals surface area (Å²) < 4.78 is 136. The molecule has 11 N–H and O–H groups in total. The predicted octanol–water partition coefficient (Wildman–Crippen LogP) is -6.94. The van der Waals surface area contributed by atoms with Crippen LogP contribution in [0.25, 0.3) is 0 Å². The Morgan fingerprint density at radius 1 is 0.510 bits per heavy atom. The minimum absolute atomic E-state index is 0. The van der Waals surface area contributed by atoms with Gasteiger partial charge in [0.1, 0.15) is 36.6 Å². The van der Waals surface area contributed by atoms with Gasteiger partial charge in [0.15, 0.2) is 0 Å². The summed E-state index contributed by atoms with van der Waals surface area (Å²) >= 11 is 0. The molecule has 0 amide bonds. The molecule has 0 bridgehead atoms. The van der Waals surface area contributed by atoms with E-state index in [9.17, 15) is 94.2 Å². The molecule has 1 aliphatic carbocycles. The Labute approximate surface area is 309 Å². The van der Waals surface area contributed by atoms with Gasteiger partial charge in [-0.1, -0.05) is 0 Å². The average molecular weight is 902 g/mol. The third kappa shape index (κ3) is 20.5. The summed E-state index contributed by atoms with van der Waals surface area (Å²) in [6.07, 6.45) is -18.9. The Balaban J connectivity index is 0.0000130. The summed E-state index contributed by atoms with van der Waals surface area (Å²) in [6.45, 7) is -0.196. The summed E-state index contributed by atoms with van der Waals surface area (Å²) in [6, 6.07) is 0. The normalized spacial score (nSPS) is 27.8. The first kappa shape index (κ1) is 50.5. The molecule has 37 heteroatoms. The van der Waals surface area contributed by atoms with Gasteiger partial charge in [0.25, 0.3) is 0 Å². The van der Waals surface area contributed by atoms with Crippen LogP contribution in [0.2, 0.25) is 0 Å². The van der Waals surface area contributed by atoms with Crippen LogP contribution < -0.4 is 29.6 Å². The van der Waals surface area contributed by atoms with E-state index in [0.717, 1.165) is 0 Å². The zero-order chi connectivity index (χ0) is 38.7. The van der Waals surface area contributed by atoms with Crippen molar-refractivity contribution in [3.05, 3.63) is 0 Å². The van der Waals surface area contributed by atoms with Gasteiger partial charge >= 0.3 is 76.5 Å². The Bertz CT molecular complexity index is 1490. The number of phosphoric ester groups is 6. The number of rotatable bonds is 19. The van der Waals surface area contributed by atoms with Crippen molar-refractivity contribution in [2.75, 3.05) is 51.6 Å². The van der Waals surface area contributed by atoms with Gasteiger partial charge in [0, 0.05) is 39.3 Å². The van der Waals surface area contributed by atoms with Gasteiger partial charge < -0.3 is 58.4 Å². The van der Waals surface area contributed by atoms with Crippen molar-refractivity contribution in [1.82, 2.24) is 9.80 Å². The summed E-state index contributed by atoms with van der Waals surface area (Å²) in [5, 5.41) is 0. The minimum Gasteiger partial charge on any atom is -0.748 e. The van der Waals surface area contributed by atoms with Crippen molar-refractivity contribution in [1.29, 1.82) is 0 Å². The molecule has 1 aliphatic heterocycles. The van der Waals surface area contributed by atoms with E-state index in [1.165, 1.54) is 0 Å². The van der Waals surface area contributed by atoms with Crippen molar-refractivity contribution < 1.29 is 155 Å². The number of piperazine rings is 1. The predicted molar refractivity (Wildman–Crippen MR) is 153 cm³/mol. The molecule has 0 radical (unpaired) electrons. The van der Waals surface area contributed by atoms with Gasteiger partial charge in [0.2, 0.25) is 0 Å². The molecule has 0 aromatic rings. The molecule has 1 saturated heterocycles. The molecule has 0 spiro atoms. The van der Waals surface area contributed by atoms with Crippen molar-refractivity contribution >= 4 is 57.1 Å². The third-order valence-corrected chi connectivity index (χ3v) is 10.6. The molecular weight excluding hydrogens is 869 g/mol. The molecule has 1 unspecified atom stereocenters. The van der Waals surface area contributed by atoms with Gasteiger partial charge in [-0.3, -0.25) is 41.5 Å². The van der Waals surface area contributed by atoms with Gasteiger partial charge in [-0.05, 0) is 0 Å². The maximum atomic E-state index is 13.0. The standard InChI is InChI=1S/C14H34N2O27P6S.Na/c17-44(18,19)38-9-10(39-45(20,21)22)12(41-47(26,27)28)14(13(42-48(29,30)31)11(9)40-46(23,24)25)43-49(32,33)37-7-5-15-1-3-16(4-2-15)6-8-50(34,35)36;/h9-14H,1-8H2,(H,32,33)(H2,17,18,19)(H2,20,21,22)(H2,23,24,25)(H2,26,27,28)(H2,29,30,31)(H,34,35,36);/q;+1/p-1/t9-,10-,11+,12-,13-,14-;/m0./s1. The van der Waals surface area contributed by atoms with E-state index in [1.807, 2.05) is 0 Å². The van der Waals surface area contributed by atoms with Crippen LogP contribution in [0.5, 0.6) is 0 Å². The molecule has 7 atom stereocenters. The van der Waals surface area contributed by atoms with E-state index >= 15 is 0 Å². The maximum Gasteiger partial charge on any atom is 1.00 e. The van der Waals surface area contributed by atoms with Crippen LogP contribution in [0.4, 0.5) is 0 Å². The fourth-order valence-corrected chi connectivity index (χ4v) is 8.77. The Hall–Kier alpha value is 1.49. The smallest absolute Gasteiger partial charge is 0.748 e. The number of hydrogen-bond donors (Lipinski definition) is 11. The van der Waals surface area contributed by atoms with Gasteiger partial charge in [-0.2, -0.15) is 0 Å². The van der Waals surface area contributed by atoms with Crippen LogP contribution >= 0.6 is 46.9 Å². The zero-order valence-corrected chi connectivity index (χ0v) is 33.7. The topological polar surface area (TPSA) is 453 Å². The van der Waals surface area contributed by atoms with E-state index < -0.39 is 106 Å². The maximum absolute atomic E-state index is 13.0. The largest absolute Gasteiger partial charge is 1.00 e. The quantitative estimate of drug-likeness (QED) is 0.0326. The SMILES string of the molecule is O=P(O)(O)O[C@@H]1[C@@H](OP(=O)(O)O)[C@H](OP(=O)(O)O)[C@@H](OP(=O)(O)OCCN2CCN(CCS(=O)(=O)[O-])CC2)[C@@H](OP(=O)(O)O)[C@H]1OP(=O)(O)O.[Na+]. The third-order valence-electron chi connectivity index (χ3n) is 6.28. The molecule has 298 valence electrons. The Morgan fingerprint density at radius 2 is 0.765 bits per heavy atom. The summed E-state index contributed by atoms with van der Waals surface area (Å²) in [7, 11) is -40.7. The van der Waals surface area contributed by atoms with Crippen molar-refractivity contribution in [2.45, 2.75) is 36.6 Å². The van der Waals surface area contributed by atoms with Crippen molar-refractivity contribution in [2.24, 2.45) is 0 Å². The first-order valence-electron chi connectivity index (χ1n) is 13.0. The second kappa shape index (κ2) is 19.3. The molecular formula is C14H33N2NaO27P6S. The molecule has 2 aliphatic rings. The molecule has 29 nitrogen and oxygen atoms in total. The van der Waals surface area contributed by atoms with Crippen molar-refractivity contribution in [3.8, 4) is 0 Å². The average Bonchev–Trinajstić information content (AvgIpc) is 2.86. The minimum atomic E-state index is -6.10. The summed E-state index contributed by atoms with van der Waals surface area (Å²) in [4.78, 5) is 108. The van der Waals surface area contributed by atoms with E-state index in [1.54, 1.807) is 9.80 Å². The van der Waals surface area contributed by atoms with E-state index in [0.29, 0.717) is 0 Å². The fourth-order valence-electron chi connectivity index (χ4n) is 4.58. The van der Waals surface area contributed by atoms with E-state index in [4.69, 9.17) is 9.05 Å². The molecule has 0 aromatic heterocycles. The van der Waals surface area contributed by atoms with Crippen LogP contribution in [0, 0.1) is 0 Å². The Kier molecular flexibility index (Phi) is 19.1. The molecule has 1 saturated carbocycles. The molecule has 1 heterocycles. The van der Waals surface area contributed by atoms with E-state index in [-0.39, 0.29) is 68.8 Å². The summed E-state index contributed by atoms with van der Waals surface area (Å²) in [5.41, 5.74) is 0. The molecule has 51 heavy (non-hydrogen) atoms. The van der Waals surface area contributed by atoms with Crippen LogP contribution in [0.3, 0.4) is 0 Å². The van der Waals surface area contributed by atoms with Crippen LogP contribution in [-0.4, -0.2) is 165 Å². The van der Waals surface area contributed by atoms with Gasteiger partial charge in [-0.25, -0.2) is 35.8 Å². The second-order valence-electron chi connectivity index (χ2n) is 10.1. The fraction of sp³-hybridized carbons (Fsp3) is 1.00. The van der Waals surface area contributed by atoms with E-state index in [2.05, 4.69) is 22.6 Å². The second-order valence-corrected chi connectivity index (χ2v) is 19.0. The first-order valence-corrected chi connectivity index (χ1v) is 23.7. The van der Waals surface area contributed by atoms with Crippen LogP contribution in [-0.2, 0) is 69.2 Å².